The van der Waals surface area contributed by atoms with Crippen LogP contribution in [0.3, 0.4) is 0 Å². The van der Waals surface area contributed by atoms with Gasteiger partial charge in [-0.15, -0.1) is 5.10 Å². The molecule has 1 heterocycles. The molecule has 6 heteroatoms. The molecule has 20 heavy (non-hydrogen) atoms. The van der Waals surface area contributed by atoms with E-state index in [1.165, 1.54) is 0 Å². The predicted molar refractivity (Wildman–Crippen MR) is 75.8 cm³/mol. The van der Waals surface area contributed by atoms with Gasteiger partial charge in [-0.05, 0) is 20.3 Å². The van der Waals surface area contributed by atoms with Crippen molar-refractivity contribution in [1.82, 2.24) is 15.0 Å². The molecule has 114 valence electrons. The Morgan fingerprint density at radius 1 is 1.25 bits per heavy atom. The predicted octanol–water partition coefficient (Wildman–Crippen LogP) is 2.18. The maximum Gasteiger partial charge on any atom is 0.360 e. The number of carbonyl (C=O) groups excluding carboxylic acids is 1. The summed E-state index contributed by atoms with van der Waals surface area (Å²) in [6.07, 6.45) is 0.836. The third-order valence-electron chi connectivity index (χ3n) is 2.78. The Kier molecular flexibility index (Phi) is 6.13. The first-order valence-electron chi connectivity index (χ1n) is 7.10. The molecule has 0 amide bonds. The maximum atomic E-state index is 11.9. The van der Waals surface area contributed by atoms with Crippen LogP contribution in [0, 0.1) is 0 Å². The lowest BCUT2D eigenvalue weighted by atomic mass is 9.90. The normalized spacial score (nSPS) is 11.7. The number of rotatable bonds is 7. The Hall–Kier alpha value is -1.43. The van der Waals surface area contributed by atoms with Gasteiger partial charge in [0.1, 0.15) is 0 Å². The topological polar surface area (TPSA) is 66.2 Å². The van der Waals surface area contributed by atoms with E-state index in [1.807, 2.05) is 27.7 Å². The third kappa shape index (κ3) is 4.30. The molecule has 0 aliphatic carbocycles. The second kappa shape index (κ2) is 7.38. The minimum Gasteiger partial charge on any atom is -0.461 e. The van der Waals surface area contributed by atoms with E-state index in [2.05, 4.69) is 10.3 Å². The Labute approximate surface area is 120 Å². The van der Waals surface area contributed by atoms with E-state index in [4.69, 9.17) is 9.47 Å². The van der Waals surface area contributed by atoms with E-state index in [0.29, 0.717) is 32.1 Å². The summed E-state index contributed by atoms with van der Waals surface area (Å²) in [6, 6.07) is 0. The quantitative estimate of drug-likeness (QED) is 0.567. The van der Waals surface area contributed by atoms with E-state index >= 15 is 0 Å². The number of aryl methyl sites for hydroxylation is 1. The van der Waals surface area contributed by atoms with Crippen LogP contribution in [0.25, 0.3) is 0 Å². The fraction of sp³-hybridized carbons (Fsp3) is 0.786. The molecule has 1 aromatic rings. The van der Waals surface area contributed by atoms with Gasteiger partial charge in [-0.2, -0.15) is 0 Å². The van der Waals surface area contributed by atoms with Crippen LogP contribution in [-0.4, -0.2) is 40.8 Å². The fourth-order valence-corrected chi connectivity index (χ4v) is 2.01. The van der Waals surface area contributed by atoms with Crippen LogP contribution in [0.2, 0.25) is 0 Å². The van der Waals surface area contributed by atoms with Gasteiger partial charge in [-0.25, -0.2) is 9.48 Å². The van der Waals surface area contributed by atoms with Crippen LogP contribution in [0.1, 0.15) is 57.2 Å². The van der Waals surface area contributed by atoms with Crippen molar-refractivity contribution in [3.05, 3.63) is 11.4 Å². The number of carbonyl (C=O) groups is 1. The number of ether oxygens (including phenoxy) is 2. The van der Waals surface area contributed by atoms with Gasteiger partial charge < -0.3 is 9.47 Å². The van der Waals surface area contributed by atoms with E-state index in [1.54, 1.807) is 11.6 Å². The molecule has 0 spiro atoms. The van der Waals surface area contributed by atoms with Gasteiger partial charge >= 0.3 is 5.97 Å². The van der Waals surface area contributed by atoms with Gasteiger partial charge in [0.05, 0.1) is 12.3 Å². The summed E-state index contributed by atoms with van der Waals surface area (Å²) >= 11 is 0. The molecule has 0 bridgehead atoms. The average molecular weight is 283 g/mol. The van der Waals surface area contributed by atoms with Gasteiger partial charge in [-0.3, -0.25) is 0 Å². The minimum atomic E-state index is -0.409. The molecule has 0 saturated heterocycles. The third-order valence-corrected chi connectivity index (χ3v) is 2.78. The summed E-state index contributed by atoms with van der Waals surface area (Å²) in [5.74, 6) is -0.409. The van der Waals surface area contributed by atoms with Crippen LogP contribution in [0.4, 0.5) is 0 Å². The molecule has 0 saturated carbocycles. The number of nitrogens with zero attached hydrogens (tertiary/aromatic N) is 3. The second-order valence-electron chi connectivity index (χ2n) is 5.53. The lowest BCUT2D eigenvalue weighted by Gasteiger charge is -2.20. The SMILES string of the molecule is CCOCCCn1nnc(C(=O)OCC)c1C(C)(C)C. The molecule has 0 fully saturated rings. The fourth-order valence-electron chi connectivity index (χ4n) is 2.01. The lowest BCUT2D eigenvalue weighted by molar-refractivity contribution is 0.0516. The highest BCUT2D eigenvalue weighted by Crippen LogP contribution is 2.25. The lowest BCUT2D eigenvalue weighted by Crippen LogP contribution is -2.23. The average Bonchev–Trinajstić information content (AvgIpc) is 2.79. The van der Waals surface area contributed by atoms with E-state index in [-0.39, 0.29) is 5.41 Å². The van der Waals surface area contributed by atoms with Crippen molar-refractivity contribution in [2.24, 2.45) is 0 Å². The van der Waals surface area contributed by atoms with Crippen molar-refractivity contribution in [1.29, 1.82) is 0 Å². The van der Waals surface area contributed by atoms with Crippen molar-refractivity contribution < 1.29 is 14.3 Å². The summed E-state index contributed by atoms with van der Waals surface area (Å²) in [4.78, 5) is 11.9. The van der Waals surface area contributed by atoms with Gasteiger partial charge in [0.15, 0.2) is 5.69 Å². The smallest absolute Gasteiger partial charge is 0.360 e. The van der Waals surface area contributed by atoms with E-state index in [9.17, 15) is 4.79 Å². The highest BCUT2D eigenvalue weighted by atomic mass is 16.5. The van der Waals surface area contributed by atoms with Crippen LogP contribution in [0.15, 0.2) is 0 Å². The number of hydrogen-bond acceptors (Lipinski definition) is 5. The van der Waals surface area contributed by atoms with Gasteiger partial charge in [0.25, 0.3) is 0 Å². The number of hydrogen-bond donors (Lipinski definition) is 0. The highest BCUT2D eigenvalue weighted by molar-refractivity contribution is 5.88. The molecule has 0 aliphatic rings. The van der Waals surface area contributed by atoms with Crippen LogP contribution in [-0.2, 0) is 21.4 Å². The summed E-state index contributed by atoms with van der Waals surface area (Å²) in [7, 11) is 0. The van der Waals surface area contributed by atoms with Crippen molar-refractivity contribution >= 4 is 5.97 Å². The van der Waals surface area contributed by atoms with Crippen LogP contribution in [0.5, 0.6) is 0 Å². The first-order chi connectivity index (χ1) is 9.41. The van der Waals surface area contributed by atoms with E-state index in [0.717, 1.165) is 12.1 Å². The summed E-state index contributed by atoms with van der Waals surface area (Å²) in [6.45, 7) is 12.2. The molecule has 0 radical (unpaired) electrons. The zero-order valence-corrected chi connectivity index (χ0v) is 13.1. The zero-order valence-electron chi connectivity index (χ0n) is 13.1. The summed E-state index contributed by atoms with van der Waals surface area (Å²) < 4.78 is 12.1. The van der Waals surface area contributed by atoms with Gasteiger partial charge in [-0.1, -0.05) is 26.0 Å². The Bertz CT molecular complexity index is 435. The van der Waals surface area contributed by atoms with Crippen LogP contribution < -0.4 is 0 Å². The molecule has 0 aromatic carbocycles. The van der Waals surface area contributed by atoms with Crippen molar-refractivity contribution in [2.75, 3.05) is 19.8 Å². The molecule has 0 atom stereocenters. The zero-order chi connectivity index (χ0) is 15.2. The highest BCUT2D eigenvalue weighted by Gasteiger charge is 2.29. The minimum absolute atomic E-state index is 0.225. The molecule has 6 nitrogen and oxygen atoms in total. The summed E-state index contributed by atoms with van der Waals surface area (Å²) in [5, 5.41) is 8.09. The molecular weight excluding hydrogens is 258 g/mol. The largest absolute Gasteiger partial charge is 0.461 e. The Morgan fingerprint density at radius 2 is 1.95 bits per heavy atom. The maximum absolute atomic E-state index is 11.9. The second-order valence-corrected chi connectivity index (χ2v) is 5.53. The standard InChI is InChI=1S/C14H25N3O3/c1-6-19-10-8-9-17-12(14(3,4)5)11(15-16-17)13(18)20-7-2/h6-10H2,1-5H3. The van der Waals surface area contributed by atoms with Gasteiger partial charge in [0, 0.05) is 25.2 Å². The van der Waals surface area contributed by atoms with Crippen molar-refractivity contribution in [3.8, 4) is 0 Å². The molecule has 1 aromatic heterocycles. The first kappa shape index (κ1) is 16.6. The van der Waals surface area contributed by atoms with E-state index < -0.39 is 5.97 Å². The number of aromatic nitrogens is 3. The first-order valence-corrected chi connectivity index (χ1v) is 7.10. The van der Waals surface area contributed by atoms with Crippen LogP contribution >= 0.6 is 0 Å². The molecule has 0 N–H and O–H groups in total. The number of esters is 1. The molecule has 0 unspecified atom stereocenters. The van der Waals surface area contributed by atoms with Crippen molar-refractivity contribution in [3.63, 3.8) is 0 Å². The monoisotopic (exact) mass is 283 g/mol. The van der Waals surface area contributed by atoms with Crippen molar-refractivity contribution in [2.45, 2.75) is 53.0 Å². The molecular formula is C14H25N3O3. The Morgan fingerprint density at radius 3 is 2.50 bits per heavy atom. The van der Waals surface area contributed by atoms with Gasteiger partial charge in [0.2, 0.25) is 0 Å². The molecule has 1 rings (SSSR count). The Balaban J connectivity index is 2.92. The summed E-state index contributed by atoms with van der Waals surface area (Å²) in [5.41, 5.74) is 0.903. The molecule has 0 aliphatic heterocycles.